The Morgan fingerprint density at radius 2 is 1.94 bits per heavy atom. The van der Waals surface area contributed by atoms with Gasteiger partial charge in [0.05, 0.1) is 5.75 Å². The minimum absolute atomic E-state index is 0.135. The number of pyridine rings is 1. The third kappa shape index (κ3) is 4.95. The number of hydrogen-bond acceptors (Lipinski definition) is 6. The Balaban J connectivity index is 1.54. The van der Waals surface area contributed by atoms with Gasteiger partial charge in [-0.05, 0) is 54.4 Å². The Labute approximate surface area is 203 Å². The van der Waals surface area contributed by atoms with Crippen molar-refractivity contribution >= 4 is 50.8 Å². The van der Waals surface area contributed by atoms with E-state index >= 15 is 0 Å². The van der Waals surface area contributed by atoms with Crippen LogP contribution in [0.25, 0.3) is 22.5 Å². The zero-order valence-electron chi connectivity index (χ0n) is 17.9. The van der Waals surface area contributed by atoms with Crippen molar-refractivity contribution in [3.8, 4) is 22.5 Å². The van der Waals surface area contributed by atoms with Crippen LogP contribution in [0.2, 0.25) is 0 Å². The number of thiophene rings is 1. The van der Waals surface area contributed by atoms with Gasteiger partial charge in [0.15, 0.2) is 11.0 Å². The molecule has 0 spiro atoms. The van der Waals surface area contributed by atoms with E-state index in [1.165, 1.54) is 33.3 Å². The normalized spacial score (nSPS) is 11.0. The molecule has 0 saturated carbocycles. The highest BCUT2D eigenvalue weighted by atomic mass is 79.9. The zero-order valence-corrected chi connectivity index (χ0v) is 21.1. The molecule has 0 aliphatic rings. The number of nitrogens with zero attached hydrogens (tertiary/aromatic N) is 4. The highest BCUT2D eigenvalue weighted by molar-refractivity contribution is 9.10. The molecule has 1 amide bonds. The molecule has 4 rings (SSSR count). The van der Waals surface area contributed by atoms with E-state index < -0.39 is 0 Å². The fourth-order valence-corrected chi connectivity index (χ4v) is 5.24. The number of anilines is 1. The predicted molar refractivity (Wildman–Crippen MR) is 135 cm³/mol. The molecule has 3 aromatic heterocycles. The van der Waals surface area contributed by atoms with Crippen LogP contribution in [0.3, 0.4) is 0 Å². The van der Waals surface area contributed by atoms with Crippen LogP contribution in [0.15, 0.2) is 57.6 Å². The number of carbonyl (C=O) groups is 1. The number of nitrogens with one attached hydrogen (secondary N) is 1. The van der Waals surface area contributed by atoms with Gasteiger partial charge in [-0.1, -0.05) is 41.6 Å². The van der Waals surface area contributed by atoms with Crippen molar-refractivity contribution in [2.24, 2.45) is 0 Å². The first-order valence-corrected chi connectivity index (χ1v) is 12.7. The summed E-state index contributed by atoms with van der Waals surface area (Å²) in [6, 6.07) is 12.1. The lowest BCUT2D eigenvalue weighted by Crippen LogP contribution is -2.15. The Hall–Kier alpha value is -2.49. The number of amides is 1. The molecule has 0 unspecified atom stereocenters. The Kier molecular flexibility index (Phi) is 7.07. The molecule has 0 aliphatic heterocycles. The van der Waals surface area contributed by atoms with Crippen LogP contribution in [-0.2, 0) is 11.3 Å². The number of thioether (sulfide) groups is 1. The Morgan fingerprint density at radius 1 is 1.16 bits per heavy atom. The van der Waals surface area contributed by atoms with Gasteiger partial charge in [-0.2, -0.15) is 0 Å². The highest BCUT2D eigenvalue weighted by Gasteiger charge is 2.20. The van der Waals surface area contributed by atoms with E-state index in [1.54, 1.807) is 23.6 Å². The van der Waals surface area contributed by atoms with Crippen molar-refractivity contribution in [1.82, 2.24) is 19.7 Å². The maximum Gasteiger partial charge on any atom is 0.236 e. The molecule has 1 N–H and O–H groups in total. The van der Waals surface area contributed by atoms with Crippen LogP contribution < -0.4 is 5.32 Å². The molecule has 32 heavy (non-hydrogen) atoms. The van der Waals surface area contributed by atoms with E-state index in [2.05, 4.69) is 91.4 Å². The number of hydrogen-bond donors (Lipinski definition) is 1. The number of carbonyl (C=O) groups excluding carboxylic acids is 1. The molecule has 6 nitrogen and oxygen atoms in total. The van der Waals surface area contributed by atoms with Crippen LogP contribution >= 0.6 is 39.0 Å². The topological polar surface area (TPSA) is 72.7 Å². The molecule has 9 heteroatoms. The molecular formula is C23H22BrN5OS2. The second-order valence-corrected chi connectivity index (χ2v) is 10.1. The summed E-state index contributed by atoms with van der Waals surface area (Å²) < 4.78 is 2.93. The molecular weight excluding hydrogens is 506 g/mol. The summed E-state index contributed by atoms with van der Waals surface area (Å²) in [5, 5.41) is 14.6. The maximum atomic E-state index is 12.4. The third-order valence-electron chi connectivity index (χ3n) is 4.92. The van der Waals surface area contributed by atoms with Crippen molar-refractivity contribution in [1.29, 1.82) is 0 Å². The Morgan fingerprint density at radius 3 is 2.62 bits per heavy atom. The standard InChI is InChI=1S/C23H22BrN5OS2/c1-4-29-22(18-12-31-15(3)21(18)16-7-5-14(2)6-8-16)27-28-23(29)32-13-20(30)26-19-10-9-17(24)11-25-19/h5-12H,4,13H2,1-3H3,(H,25,26,30). The lowest BCUT2D eigenvalue weighted by molar-refractivity contribution is -0.113. The summed E-state index contributed by atoms with van der Waals surface area (Å²) in [5.41, 5.74) is 4.66. The average molecular weight is 529 g/mol. The summed E-state index contributed by atoms with van der Waals surface area (Å²) in [4.78, 5) is 17.8. The Bertz CT molecular complexity index is 1230. The van der Waals surface area contributed by atoms with Crippen LogP contribution in [0, 0.1) is 13.8 Å². The first-order chi connectivity index (χ1) is 15.5. The number of aryl methyl sites for hydroxylation is 2. The number of halogens is 1. The van der Waals surface area contributed by atoms with Gasteiger partial charge in [0.25, 0.3) is 0 Å². The predicted octanol–water partition coefficient (Wildman–Crippen LogP) is 6.20. The van der Waals surface area contributed by atoms with Gasteiger partial charge in [-0.25, -0.2) is 4.98 Å². The lowest BCUT2D eigenvalue weighted by atomic mass is 10.0. The van der Waals surface area contributed by atoms with Gasteiger partial charge in [0.2, 0.25) is 5.91 Å². The summed E-state index contributed by atoms with van der Waals surface area (Å²) in [6.07, 6.45) is 1.65. The zero-order chi connectivity index (χ0) is 22.7. The molecule has 0 radical (unpaired) electrons. The molecule has 0 bridgehead atoms. The molecule has 0 saturated heterocycles. The van der Waals surface area contributed by atoms with Crippen LogP contribution in [0.5, 0.6) is 0 Å². The number of rotatable bonds is 7. The van der Waals surface area contributed by atoms with Gasteiger partial charge in [-0.3, -0.25) is 4.79 Å². The molecule has 164 valence electrons. The molecule has 0 atom stereocenters. The lowest BCUT2D eigenvalue weighted by Gasteiger charge is -2.10. The van der Waals surface area contributed by atoms with Crippen molar-refractivity contribution in [3.63, 3.8) is 0 Å². The smallest absolute Gasteiger partial charge is 0.236 e. The second kappa shape index (κ2) is 9.97. The van der Waals surface area contributed by atoms with Gasteiger partial charge < -0.3 is 9.88 Å². The van der Waals surface area contributed by atoms with E-state index in [0.717, 1.165) is 21.0 Å². The molecule has 3 heterocycles. The molecule has 0 fully saturated rings. The van der Waals surface area contributed by atoms with Crippen molar-refractivity contribution in [2.75, 3.05) is 11.1 Å². The van der Waals surface area contributed by atoms with E-state index in [1.807, 2.05) is 6.07 Å². The van der Waals surface area contributed by atoms with E-state index in [4.69, 9.17) is 0 Å². The van der Waals surface area contributed by atoms with Gasteiger partial charge in [0, 0.05) is 38.6 Å². The fraction of sp³-hybridized carbons (Fsp3) is 0.217. The van der Waals surface area contributed by atoms with Gasteiger partial charge >= 0.3 is 0 Å². The summed E-state index contributed by atoms with van der Waals surface area (Å²) in [7, 11) is 0. The third-order valence-corrected chi connectivity index (χ3v) is 7.26. The maximum absolute atomic E-state index is 12.4. The minimum atomic E-state index is -0.135. The summed E-state index contributed by atoms with van der Waals surface area (Å²) in [5.74, 6) is 1.44. The fourth-order valence-electron chi connectivity index (χ4n) is 3.34. The van der Waals surface area contributed by atoms with E-state index in [0.29, 0.717) is 12.4 Å². The molecule has 4 aromatic rings. The van der Waals surface area contributed by atoms with Gasteiger partial charge in [0.1, 0.15) is 5.82 Å². The number of benzene rings is 1. The first-order valence-electron chi connectivity index (χ1n) is 10.1. The van der Waals surface area contributed by atoms with Gasteiger partial charge in [-0.15, -0.1) is 21.5 Å². The largest absolute Gasteiger partial charge is 0.310 e. The summed E-state index contributed by atoms with van der Waals surface area (Å²) >= 11 is 6.42. The van der Waals surface area contributed by atoms with Crippen molar-refractivity contribution in [3.05, 3.63) is 62.9 Å². The second-order valence-electron chi connectivity index (χ2n) is 7.20. The first kappa shape index (κ1) is 22.7. The van der Waals surface area contributed by atoms with Crippen LogP contribution in [-0.4, -0.2) is 31.4 Å². The highest BCUT2D eigenvalue weighted by Crippen LogP contribution is 2.39. The van der Waals surface area contributed by atoms with Crippen molar-refractivity contribution in [2.45, 2.75) is 32.5 Å². The average Bonchev–Trinajstić information content (AvgIpc) is 3.37. The minimum Gasteiger partial charge on any atom is -0.310 e. The van der Waals surface area contributed by atoms with Crippen molar-refractivity contribution < 1.29 is 4.79 Å². The SMILES string of the molecule is CCn1c(SCC(=O)Nc2ccc(Br)cn2)nnc1-c1csc(C)c1-c1ccc(C)cc1. The molecule has 1 aromatic carbocycles. The quantitative estimate of drug-likeness (QED) is 0.289. The summed E-state index contributed by atoms with van der Waals surface area (Å²) in [6.45, 7) is 6.99. The number of aromatic nitrogens is 4. The monoisotopic (exact) mass is 527 g/mol. The molecule has 0 aliphatic carbocycles. The van der Waals surface area contributed by atoms with E-state index in [-0.39, 0.29) is 11.7 Å². The van der Waals surface area contributed by atoms with Crippen LogP contribution in [0.4, 0.5) is 5.82 Å². The van der Waals surface area contributed by atoms with E-state index in [9.17, 15) is 4.79 Å². The van der Waals surface area contributed by atoms with Crippen LogP contribution in [0.1, 0.15) is 17.4 Å².